The van der Waals surface area contributed by atoms with Gasteiger partial charge in [0.25, 0.3) is 0 Å². The quantitative estimate of drug-likeness (QED) is 0.0539. The molecule has 1 N–H and O–H groups in total. The maximum Gasteiger partial charge on any atom is 0.306 e. The molecule has 40 heavy (non-hydrogen) atoms. The molecule has 0 fully saturated rings. The summed E-state index contributed by atoms with van der Waals surface area (Å²) >= 11 is 0. The van der Waals surface area contributed by atoms with Crippen molar-refractivity contribution in [1.29, 1.82) is 0 Å². The molecule has 0 aliphatic carbocycles. The van der Waals surface area contributed by atoms with Gasteiger partial charge in [-0.2, -0.15) is 0 Å². The van der Waals surface area contributed by atoms with E-state index in [1.807, 2.05) is 0 Å². The summed E-state index contributed by atoms with van der Waals surface area (Å²) in [6.07, 6.45) is 41.5. The second-order valence-electron chi connectivity index (χ2n) is 10.8. The van der Waals surface area contributed by atoms with Crippen molar-refractivity contribution in [2.24, 2.45) is 0 Å². The van der Waals surface area contributed by atoms with Crippen LogP contribution in [0.3, 0.4) is 0 Å². The third kappa shape index (κ3) is 30.9. The highest BCUT2D eigenvalue weighted by molar-refractivity contribution is 5.69. The SMILES string of the molecule is CC/C=C\C/C=C\C/C=C\CCCCCCCCCCOCC(CO)OC(=O)CCCCCCC/C=C\CCC. The Labute approximate surface area is 248 Å². The van der Waals surface area contributed by atoms with Crippen LogP contribution < -0.4 is 0 Å². The number of unbranched alkanes of at least 4 members (excludes halogenated alkanes) is 14. The van der Waals surface area contributed by atoms with Gasteiger partial charge in [-0.3, -0.25) is 4.79 Å². The lowest BCUT2D eigenvalue weighted by Gasteiger charge is -2.15. The molecule has 0 aromatic carbocycles. The molecule has 4 nitrogen and oxygen atoms in total. The van der Waals surface area contributed by atoms with Crippen LogP contribution in [0.5, 0.6) is 0 Å². The normalized spacial score (nSPS) is 13.0. The van der Waals surface area contributed by atoms with Gasteiger partial charge < -0.3 is 14.6 Å². The van der Waals surface area contributed by atoms with Crippen molar-refractivity contribution in [3.63, 3.8) is 0 Å². The number of hydrogen-bond acceptors (Lipinski definition) is 4. The van der Waals surface area contributed by atoms with E-state index >= 15 is 0 Å². The molecule has 0 heterocycles. The van der Waals surface area contributed by atoms with Crippen LogP contribution >= 0.6 is 0 Å². The predicted molar refractivity (Wildman–Crippen MR) is 173 cm³/mol. The Morgan fingerprint density at radius 2 is 1.12 bits per heavy atom. The highest BCUT2D eigenvalue weighted by Crippen LogP contribution is 2.11. The molecule has 0 aliphatic heterocycles. The Hall–Kier alpha value is -1.65. The van der Waals surface area contributed by atoms with Crippen LogP contribution in [-0.2, 0) is 14.3 Å². The number of aliphatic hydroxyl groups excluding tert-OH is 1. The molecular weight excluding hydrogens is 496 g/mol. The van der Waals surface area contributed by atoms with Gasteiger partial charge in [0.15, 0.2) is 0 Å². The highest BCUT2D eigenvalue weighted by Gasteiger charge is 2.13. The first-order valence-corrected chi connectivity index (χ1v) is 16.7. The Morgan fingerprint density at radius 3 is 1.73 bits per heavy atom. The minimum absolute atomic E-state index is 0.179. The fourth-order valence-corrected chi connectivity index (χ4v) is 4.40. The molecule has 4 heteroatoms. The lowest BCUT2D eigenvalue weighted by atomic mass is 10.1. The number of ether oxygens (including phenoxy) is 2. The van der Waals surface area contributed by atoms with Gasteiger partial charge >= 0.3 is 5.97 Å². The molecule has 0 aromatic rings. The number of carbonyl (C=O) groups is 1. The number of aliphatic hydroxyl groups is 1. The Kier molecular flexibility index (Phi) is 32.2. The molecule has 1 atom stereocenters. The zero-order chi connectivity index (χ0) is 29.2. The lowest BCUT2D eigenvalue weighted by Crippen LogP contribution is -2.27. The fraction of sp³-hybridized carbons (Fsp3) is 0.750. The van der Waals surface area contributed by atoms with Gasteiger partial charge in [0.1, 0.15) is 6.10 Å². The van der Waals surface area contributed by atoms with Crippen LogP contribution in [0.4, 0.5) is 0 Å². The average molecular weight is 561 g/mol. The third-order valence-electron chi connectivity index (χ3n) is 6.87. The van der Waals surface area contributed by atoms with E-state index in [0.717, 1.165) is 51.4 Å². The van der Waals surface area contributed by atoms with Gasteiger partial charge in [0.2, 0.25) is 0 Å². The zero-order valence-corrected chi connectivity index (χ0v) is 26.3. The average Bonchev–Trinajstić information content (AvgIpc) is 2.96. The summed E-state index contributed by atoms with van der Waals surface area (Å²) in [6.45, 7) is 5.14. The van der Waals surface area contributed by atoms with Gasteiger partial charge in [0, 0.05) is 13.0 Å². The third-order valence-corrected chi connectivity index (χ3v) is 6.87. The van der Waals surface area contributed by atoms with Crippen LogP contribution in [-0.4, -0.2) is 37.0 Å². The van der Waals surface area contributed by atoms with E-state index in [1.165, 1.54) is 77.0 Å². The van der Waals surface area contributed by atoms with Crippen LogP contribution in [0.2, 0.25) is 0 Å². The van der Waals surface area contributed by atoms with Crippen molar-refractivity contribution in [2.45, 2.75) is 155 Å². The summed E-state index contributed by atoms with van der Waals surface area (Å²) in [4.78, 5) is 12.1. The van der Waals surface area contributed by atoms with E-state index < -0.39 is 6.10 Å². The Balaban J connectivity index is 3.47. The first kappa shape index (κ1) is 38.4. The first-order valence-electron chi connectivity index (χ1n) is 16.7. The molecule has 0 bridgehead atoms. The van der Waals surface area contributed by atoms with E-state index in [0.29, 0.717) is 13.0 Å². The Bertz CT molecular complexity index is 635. The molecule has 0 radical (unpaired) electrons. The summed E-state index contributed by atoms with van der Waals surface area (Å²) < 4.78 is 11.1. The zero-order valence-electron chi connectivity index (χ0n) is 26.3. The monoisotopic (exact) mass is 560 g/mol. The Morgan fingerprint density at radius 1 is 0.625 bits per heavy atom. The lowest BCUT2D eigenvalue weighted by molar-refractivity contribution is -0.154. The number of allylic oxidation sites excluding steroid dienone is 8. The van der Waals surface area contributed by atoms with Crippen molar-refractivity contribution in [3.8, 4) is 0 Å². The van der Waals surface area contributed by atoms with Crippen molar-refractivity contribution in [3.05, 3.63) is 48.6 Å². The van der Waals surface area contributed by atoms with Gasteiger partial charge in [0.05, 0.1) is 13.2 Å². The number of rotatable bonds is 30. The molecule has 0 aromatic heterocycles. The van der Waals surface area contributed by atoms with E-state index in [4.69, 9.17) is 9.47 Å². The maximum absolute atomic E-state index is 12.1. The molecule has 232 valence electrons. The van der Waals surface area contributed by atoms with E-state index in [2.05, 4.69) is 62.5 Å². The molecule has 1 unspecified atom stereocenters. The van der Waals surface area contributed by atoms with Crippen molar-refractivity contribution in [2.75, 3.05) is 19.8 Å². The fourth-order valence-electron chi connectivity index (χ4n) is 4.40. The molecule has 0 saturated heterocycles. The summed E-state index contributed by atoms with van der Waals surface area (Å²) in [5.74, 6) is -0.218. The summed E-state index contributed by atoms with van der Waals surface area (Å²) in [5.41, 5.74) is 0. The molecule has 0 aliphatic rings. The smallest absolute Gasteiger partial charge is 0.306 e. The molecule has 0 spiro atoms. The van der Waals surface area contributed by atoms with Crippen molar-refractivity contribution in [1.82, 2.24) is 0 Å². The van der Waals surface area contributed by atoms with E-state index in [9.17, 15) is 9.90 Å². The second kappa shape index (κ2) is 33.6. The van der Waals surface area contributed by atoms with E-state index in [-0.39, 0.29) is 19.2 Å². The largest absolute Gasteiger partial charge is 0.457 e. The van der Waals surface area contributed by atoms with Gasteiger partial charge in [-0.25, -0.2) is 0 Å². The number of hydrogen-bond donors (Lipinski definition) is 1. The van der Waals surface area contributed by atoms with Gasteiger partial charge in [-0.05, 0) is 64.2 Å². The van der Waals surface area contributed by atoms with E-state index in [1.54, 1.807) is 0 Å². The van der Waals surface area contributed by atoms with Crippen LogP contribution in [0.25, 0.3) is 0 Å². The minimum Gasteiger partial charge on any atom is -0.457 e. The number of esters is 1. The second-order valence-corrected chi connectivity index (χ2v) is 10.8. The summed E-state index contributed by atoms with van der Waals surface area (Å²) in [5, 5.41) is 9.51. The standard InChI is InChI=1S/C36H64O4/c1-3-5-7-9-11-13-15-16-17-18-19-20-21-22-24-26-28-30-32-39-34-35(33-37)40-36(38)31-29-27-25-23-14-12-10-8-6-4-2/h5,7-8,10-11,13,16-17,35,37H,3-4,6,9,12,14-15,18-34H2,1-2H3/b7-5-,10-8-,13-11-,17-16-. The highest BCUT2D eigenvalue weighted by atomic mass is 16.6. The topological polar surface area (TPSA) is 55.8 Å². The molecule has 0 saturated carbocycles. The molecule has 0 rings (SSSR count). The maximum atomic E-state index is 12.1. The van der Waals surface area contributed by atoms with Crippen LogP contribution in [0, 0.1) is 0 Å². The predicted octanol–water partition coefficient (Wildman–Crippen LogP) is 10.4. The molecule has 0 amide bonds. The van der Waals surface area contributed by atoms with Gasteiger partial charge in [-0.1, -0.05) is 127 Å². The van der Waals surface area contributed by atoms with Crippen molar-refractivity contribution < 1.29 is 19.4 Å². The van der Waals surface area contributed by atoms with Crippen LogP contribution in [0.1, 0.15) is 149 Å². The minimum atomic E-state index is -0.540. The summed E-state index contributed by atoms with van der Waals surface area (Å²) in [7, 11) is 0. The summed E-state index contributed by atoms with van der Waals surface area (Å²) in [6, 6.07) is 0. The molecular formula is C36H64O4. The van der Waals surface area contributed by atoms with Crippen molar-refractivity contribution >= 4 is 5.97 Å². The van der Waals surface area contributed by atoms with Gasteiger partial charge in [-0.15, -0.1) is 0 Å². The number of carbonyl (C=O) groups excluding carboxylic acids is 1. The first-order chi connectivity index (χ1) is 19.7. The van der Waals surface area contributed by atoms with Crippen LogP contribution in [0.15, 0.2) is 48.6 Å².